The highest BCUT2D eigenvalue weighted by Gasteiger charge is 2.16. The van der Waals surface area contributed by atoms with E-state index in [2.05, 4.69) is 22.9 Å². The van der Waals surface area contributed by atoms with Crippen LogP contribution in [0.3, 0.4) is 0 Å². The van der Waals surface area contributed by atoms with E-state index in [1.54, 1.807) is 0 Å². The molecule has 0 aromatic carbocycles. The highest BCUT2D eigenvalue weighted by atomic mass is 16.1. The second kappa shape index (κ2) is 8.63. The zero-order valence-electron chi connectivity index (χ0n) is 13.7. The summed E-state index contributed by atoms with van der Waals surface area (Å²) in [7, 11) is 0. The Morgan fingerprint density at radius 2 is 2.05 bits per heavy atom. The van der Waals surface area contributed by atoms with Gasteiger partial charge in [-0.05, 0) is 53.5 Å². The molecule has 0 saturated carbocycles. The summed E-state index contributed by atoms with van der Waals surface area (Å²) in [6.07, 6.45) is 7.01. The lowest BCUT2D eigenvalue weighted by Gasteiger charge is -2.23. The minimum atomic E-state index is -0.132. The maximum atomic E-state index is 11.7. The standard InChI is InChI=1S/C16H33N3O/c1-13(12-14-8-6-5-7-10-18-14)17-11-9-15(20)19-16(2,3)4/h13-14,17-18H,5-12H2,1-4H3,(H,19,20). The van der Waals surface area contributed by atoms with Crippen molar-refractivity contribution < 1.29 is 4.79 Å². The van der Waals surface area contributed by atoms with Gasteiger partial charge in [0, 0.05) is 30.6 Å². The molecule has 2 unspecified atom stereocenters. The van der Waals surface area contributed by atoms with Gasteiger partial charge in [0.15, 0.2) is 0 Å². The summed E-state index contributed by atoms with van der Waals surface area (Å²) in [6.45, 7) is 10.2. The average molecular weight is 283 g/mol. The van der Waals surface area contributed by atoms with Crippen LogP contribution in [0.4, 0.5) is 0 Å². The van der Waals surface area contributed by atoms with E-state index in [9.17, 15) is 4.79 Å². The predicted molar refractivity (Wildman–Crippen MR) is 84.9 cm³/mol. The summed E-state index contributed by atoms with van der Waals surface area (Å²) in [5, 5.41) is 10.1. The first-order chi connectivity index (χ1) is 9.37. The van der Waals surface area contributed by atoms with Crippen LogP contribution >= 0.6 is 0 Å². The zero-order valence-corrected chi connectivity index (χ0v) is 13.7. The molecule has 1 saturated heterocycles. The summed E-state index contributed by atoms with van der Waals surface area (Å²) in [4.78, 5) is 11.7. The third-order valence-electron chi connectivity index (χ3n) is 3.66. The summed E-state index contributed by atoms with van der Waals surface area (Å²) < 4.78 is 0. The normalized spacial score (nSPS) is 22.1. The van der Waals surface area contributed by atoms with Crippen LogP contribution in [0.2, 0.25) is 0 Å². The third kappa shape index (κ3) is 8.54. The Labute approximate surface area is 124 Å². The zero-order chi connectivity index (χ0) is 15.0. The Hall–Kier alpha value is -0.610. The molecule has 0 bridgehead atoms. The largest absolute Gasteiger partial charge is 0.351 e. The highest BCUT2D eigenvalue weighted by Crippen LogP contribution is 2.12. The van der Waals surface area contributed by atoms with E-state index < -0.39 is 0 Å². The second-order valence-corrected chi connectivity index (χ2v) is 7.14. The van der Waals surface area contributed by atoms with E-state index >= 15 is 0 Å². The molecule has 0 aromatic rings. The van der Waals surface area contributed by atoms with E-state index in [0.717, 1.165) is 19.5 Å². The molecule has 118 valence electrons. The Kier molecular flexibility index (Phi) is 7.52. The number of hydrogen-bond acceptors (Lipinski definition) is 3. The molecule has 0 aromatic heterocycles. The van der Waals surface area contributed by atoms with E-state index in [1.165, 1.54) is 25.7 Å². The molecule has 20 heavy (non-hydrogen) atoms. The Morgan fingerprint density at radius 3 is 2.75 bits per heavy atom. The molecule has 1 amide bonds. The van der Waals surface area contributed by atoms with Crippen molar-refractivity contribution in [3.63, 3.8) is 0 Å². The highest BCUT2D eigenvalue weighted by molar-refractivity contribution is 5.76. The maximum absolute atomic E-state index is 11.7. The average Bonchev–Trinajstić information content (AvgIpc) is 2.55. The summed E-state index contributed by atoms with van der Waals surface area (Å²) in [6, 6.07) is 1.11. The smallest absolute Gasteiger partial charge is 0.221 e. The van der Waals surface area contributed by atoms with E-state index in [1.807, 2.05) is 20.8 Å². The predicted octanol–water partition coefficient (Wildman–Crippen LogP) is 2.19. The van der Waals surface area contributed by atoms with Gasteiger partial charge in [-0.1, -0.05) is 12.8 Å². The quantitative estimate of drug-likeness (QED) is 0.700. The van der Waals surface area contributed by atoms with E-state index in [4.69, 9.17) is 0 Å². The molecule has 2 atom stereocenters. The van der Waals surface area contributed by atoms with Gasteiger partial charge in [0.1, 0.15) is 0 Å². The van der Waals surface area contributed by atoms with Crippen molar-refractivity contribution >= 4 is 5.91 Å². The van der Waals surface area contributed by atoms with Gasteiger partial charge in [-0.3, -0.25) is 4.79 Å². The topological polar surface area (TPSA) is 53.2 Å². The minimum absolute atomic E-state index is 0.129. The fourth-order valence-electron chi connectivity index (χ4n) is 2.72. The van der Waals surface area contributed by atoms with Gasteiger partial charge >= 0.3 is 0 Å². The van der Waals surface area contributed by atoms with Crippen LogP contribution < -0.4 is 16.0 Å². The fourth-order valence-corrected chi connectivity index (χ4v) is 2.72. The molecule has 1 heterocycles. The number of hydrogen-bond donors (Lipinski definition) is 3. The number of rotatable bonds is 6. The first-order valence-corrected chi connectivity index (χ1v) is 8.14. The third-order valence-corrected chi connectivity index (χ3v) is 3.66. The van der Waals surface area contributed by atoms with Crippen molar-refractivity contribution in [2.24, 2.45) is 0 Å². The second-order valence-electron chi connectivity index (χ2n) is 7.14. The van der Waals surface area contributed by atoms with Gasteiger partial charge in [-0.15, -0.1) is 0 Å². The molecule has 4 nitrogen and oxygen atoms in total. The van der Waals surface area contributed by atoms with Crippen molar-refractivity contribution in [2.75, 3.05) is 13.1 Å². The Morgan fingerprint density at radius 1 is 1.30 bits per heavy atom. The van der Waals surface area contributed by atoms with Crippen LogP contribution in [0.15, 0.2) is 0 Å². The first-order valence-electron chi connectivity index (χ1n) is 8.14. The lowest BCUT2D eigenvalue weighted by molar-refractivity contribution is -0.122. The molecule has 1 rings (SSSR count). The summed E-state index contributed by atoms with van der Waals surface area (Å²) >= 11 is 0. The Balaban J connectivity index is 2.13. The van der Waals surface area contributed by atoms with Crippen LogP contribution in [-0.4, -0.2) is 36.6 Å². The van der Waals surface area contributed by atoms with Gasteiger partial charge in [-0.25, -0.2) is 0 Å². The van der Waals surface area contributed by atoms with Gasteiger partial charge in [0.05, 0.1) is 0 Å². The number of carbonyl (C=O) groups excluding carboxylic acids is 1. The van der Waals surface area contributed by atoms with Gasteiger partial charge in [0.25, 0.3) is 0 Å². The number of carbonyl (C=O) groups is 1. The molecule has 0 radical (unpaired) electrons. The van der Waals surface area contributed by atoms with Crippen molar-refractivity contribution in [2.45, 2.75) is 83.8 Å². The summed E-state index contributed by atoms with van der Waals surface area (Å²) in [5.74, 6) is 0.129. The van der Waals surface area contributed by atoms with Crippen molar-refractivity contribution in [3.05, 3.63) is 0 Å². The van der Waals surface area contributed by atoms with Gasteiger partial charge in [-0.2, -0.15) is 0 Å². The van der Waals surface area contributed by atoms with Crippen LogP contribution in [0.5, 0.6) is 0 Å². The summed E-state index contributed by atoms with van der Waals surface area (Å²) in [5.41, 5.74) is -0.132. The van der Waals surface area contributed by atoms with Crippen LogP contribution in [0.25, 0.3) is 0 Å². The van der Waals surface area contributed by atoms with Crippen LogP contribution in [0, 0.1) is 0 Å². The van der Waals surface area contributed by atoms with Crippen molar-refractivity contribution in [1.29, 1.82) is 0 Å². The van der Waals surface area contributed by atoms with Crippen LogP contribution in [-0.2, 0) is 4.79 Å². The molecule has 1 fully saturated rings. The van der Waals surface area contributed by atoms with E-state index in [0.29, 0.717) is 18.5 Å². The van der Waals surface area contributed by atoms with Crippen molar-refractivity contribution in [1.82, 2.24) is 16.0 Å². The van der Waals surface area contributed by atoms with Gasteiger partial charge in [0.2, 0.25) is 5.91 Å². The number of nitrogens with one attached hydrogen (secondary N) is 3. The molecular formula is C16H33N3O. The fraction of sp³-hybridized carbons (Fsp3) is 0.938. The molecular weight excluding hydrogens is 250 g/mol. The maximum Gasteiger partial charge on any atom is 0.221 e. The molecule has 3 N–H and O–H groups in total. The first kappa shape index (κ1) is 17.4. The van der Waals surface area contributed by atoms with Crippen molar-refractivity contribution in [3.8, 4) is 0 Å². The number of amides is 1. The van der Waals surface area contributed by atoms with Crippen LogP contribution in [0.1, 0.15) is 66.2 Å². The van der Waals surface area contributed by atoms with E-state index in [-0.39, 0.29) is 11.4 Å². The minimum Gasteiger partial charge on any atom is -0.351 e. The molecule has 1 aliphatic heterocycles. The molecule has 1 aliphatic rings. The lowest BCUT2D eigenvalue weighted by atomic mass is 10.0. The molecule has 0 aliphatic carbocycles. The monoisotopic (exact) mass is 283 g/mol. The molecule has 4 heteroatoms. The Bertz CT molecular complexity index is 278. The lowest BCUT2D eigenvalue weighted by Crippen LogP contribution is -2.42. The SMILES string of the molecule is CC(CC1CCCCCN1)NCCC(=O)NC(C)(C)C. The molecule has 0 spiro atoms. The van der Waals surface area contributed by atoms with Gasteiger partial charge < -0.3 is 16.0 Å².